The third-order valence-electron chi connectivity index (χ3n) is 6.14. The predicted octanol–water partition coefficient (Wildman–Crippen LogP) is 4.02. The minimum atomic E-state index is -3.65. The molecule has 0 saturated carbocycles. The third kappa shape index (κ3) is 6.13. The number of rotatable bonds is 7. The van der Waals surface area contributed by atoms with E-state index in [1.807, 2.05) is 31.2 Å². The van der Waals surface area contributed by atoms with Crippen molar-refractivity contribution in [1.82, 2.24) is 14.2 Å². The lowest BCUT2D eigenvalue weighted by molar-refractivity contribution is 0.0942. The van der Waals surface area contributed by atoms with Crippen LogP contribution in [0.3, 0.4) is 0 Å². The van der Waals surface area contributed by atoms with Gasteiger partial charge in [0.15, 0.2) is 0 Å². The van der Waals surface area contributed by atoms with E-state index in [1.165, 1.54) is 21.1 Å². The van der Waals surface area contributed by atoms with Crippen LogP contribution in [0.15, 0.2) is 71.8 Å². The number of aromatic nitrogens is 1. The van der Waals surface area contributed by atoms with Gasteiger partial charge in [0.05, 0.1) is 0 Å². The molecule has 2 aromatic carbocycles. The summed E-state index contributed by atoms with van der Waals surface area (Å²) in [7, 11) is -2.00. The molecule has 9 nitrogen and oxygen atoms in total. The molecule has 1 aliphatic rings. The summed E-state index contributed by atoms with van der Waals surface area (Å²) in [5.74, 6) is -0.0687. The number of carbonyl (C=O) groups is 2. The van der Waals surface area contributed by atoms with Crippen molar-refractivity contribution >= 4 is 33.3 Å². The van der Waals surface area contributed by atoms with Crippen molar-refractivity contribution in [3.63, 3.8) is 0 Å². The number of anilines is 2. The monoisotopic (exact) mass is 509 g/mol. The second kappa shape index (κ2) is 11.0. The molecule has 1 fully saturated rings. The Balaban J connectivity index is 1.37. The van der Waals surface area contributed by atoms with Gasteiger partial charge in [-0.15, -0.1) is 0 Å². The maximum Gasteiger partial charge on any atom is 0.323 e. The van der Waals surface area contributed by atoms with Gasteiger partial charge in [-0.05, 0) is 54.7 Å². The first-order chi connectivity index (χ1) is 17.2. The van der Waals surface area contributed by atoms with Crippen molar-refractivity contribution in [2.75, 3.05) is 23.7 Å². The van der Waals surface area contributed by atoms with Gasteiger partial charge in [0, 0.05) is 44.3 Å². The number of nitrogens with zero attached hydrogens (tertiary/aromatic N) is 2. The fourth-order valence-corrected chi connectivity index (χ4v) is 5.93. The Morgan fingerprint density at radius 3 is 2.47 bits per heavy atom. The molecule has 0 aliphatic carbocycles. The van der Waals surface area contributed by atoms with Crippen LogP contribution in [0, 0.1) is 5.92 Å². The van der Waals surface area contributed by atoms with Crippen LogP contribution in [0.2, 0.25) is 0 Å². The summed E-state index contributed by atoms with van der Waals surface area (Å²) in [4.78, 5) is 25.2. The van der Waals surface area contributed by atoms with Crippen molar-refractivity contribution in [3.8, 4) is 0 Å². The van der Waals surface area contributed by atoms with Crippen LogP contribution < -0.4 is 16.0 Å². The lowest BCUT2D eigenvalue weighted by atomic mass is 10.0. The molecule has 1 saturated heterocycles. The van der Waals surface area contributed by atoms with Crippen LogP contribution >= 0.6 is 0 Å². The first kappa shape index (κ1) is 25.5. The third-order valence-corrected chi connectivity index (χ3v) is 7.97. The first-order valence-corrected chi connectivity index (χ1v) is 13.3. The SMILES string of the molecule is CC1CCCN(S(=O)(=O)c2cc(C(=O)NCc3cccc(NC(=O)Nc4ccccc4)c3)n(C)c2)C1. The van der Waals surface area contributed by atoms with Gasteiger partial charge in [-0.1, -0.05) is 37.3 Å². The summed E-state index contributed by atoms with van der Waals surface area (Å²) < 4.78 is 29.2. The number of sulfonamides is 1. The number of hydrogen-bond donors (Lipinski definition) is 3. The van der Waals surface area contributed by atoms with Gasteiger partial charge in [-0.2, -0.15) is 4.31 Å². The van der Waals surface area contributed by atoms with E-state index in [2.05, 4.69) is 16.0 Å². The summed E-state index contributed by atoms with van der Waals surface area (Å²) in [6.45, 7) is 3.25. The Morgan fingerprint density at radius 2 is 1.72 bits per heavy atom. The Hall–Kier alpha value is -3.63. The van der Waals surface area contributed by atoms with Gasteiger partial charge in [-0.25, -0.2) is 13.2 Å². The highest BCUT2D eigenvalue weighted by molar-refractivity contribution is 7.89. The van der Waals surface area contributed by atoms with Gasteiger partial charge in [0.25, 0.3) is 5.91 Å². The lowest BCUT2D eigenvalue weighted by Crippen LogP contribution is -2.38. The minimum Gasteiger partial charge on any atom is -0.347 e. The van der Waals surface area contributed by atoms with Crippen LogP contribution in [0.25, 0.3) is 0 Å². The number of hydrogen-bond acceptors (Lipinski definition) is 4. The molecular weight excluding hydrogens is 478 g/mol. The van der Waals surface area contributed by atoms with E-state index in [0.29, 0.717) is 30.4 Å². The van der Waals surface area contributed by atoms with E-state index in [-0.39, 0.29) is 29.1 Å². The van der Waals surface area contributed by atoms with E-state index in [1.54, 1.807) is 37.4 Å². The molecule has 3 amide bonds. The smallest absolute Gasteiger partial charge is 0.323 e. The van der Waals surface area contributed by atoms with Gasteiger partial charge in [-0.3, -0.25) is 4.79 Å². The quantitative estimate of drug-likeness (QED) is 0.447. The zero-order valence-electron chi connectivity index (χ0n) is 20.4. The number of urea groups is 1. The Bertz CT molecular complexity index is 1340. The molecule has 3 aromatic rings. The fraction of sp³-hybridized carbons (Fsp3) is 0.308. The summed E-state index contributed by atoms with van der Waals surface area (Å²) >= 11 is 0. The number of amides is 3. The van der Waals surface area contributed by atoms with Crippen molar-refractivity contribution in [2.24, 2.45) is 13.0 Å². The molecule has 1 unspecified atom stereocenters. The molecular formula is C26H31N5O4S. The van der Waals surface area contributed by atoms with Crippen molar-refractivity contribution < 1.29 is 18.0 Å². The summed E-state index contributed by atoms with van der Waals surface area (Å²) in [6, 6.07) is 17.3. The van der Waals surface area contributed by atoms with E-state index in [0.717, 1.165) is 18.4 Å². The molecule has 4 rings (SSSR count). The van der Waals surface area contributed by atoms with Crippen LogP contribution in [-0.2, 0) is 23.6 Å². The second-order valence-electron chi connectivity index (χ2n) is 9.11. The van der Waals surface area contributed by atoms with Gasteiger partial charge < -0.3 is 20.5 Å². The highest BCUT2D eigenvalue weighted by Crippen LogP contribution is 2.24. The van der Waals surface area contributed by atoms with Crippen LogP contribution in [0.5, 0.6) is 0 Å². The number of aryl methyl sites for hydroxylation is 1. The molecule has 190 valence electrons. The number of carbonyl (C=O) groups excluding carboxylic acids is 2. The second-order valence-corrected chi connectivity index (χ2v) is 11.0. The van der Waals surface area contributed by atoms with E-state index in [9.17, 15) is 18.0 Å². The van der Waals surface area contributed by atoms with Crippen molar-refractivity contribution in [1.29, 1.82) is 0 Å². The average molecular weight is 510 g/mol. The molecule has 2 heterocycles. The molecule has 1 aliphatic heterocycles. The fourth-order valence-electron chi connectivity index (χ4n) is 4.26. The largest absolute Gasteiger partial charge is 0.347 e. The zero-order chi connectivity index (χ0) is 25.7. The maximum atomic E-state index is 13.1. The normalized spacial score (nSPS) is 16.3. The molecule has 1 atom stereocenters. The van der Waals surface area contributed by atoms with E-state index in [4.69, 9.17) is 0 Å². The van der Waals surface area contributed by atoms with Gasteiger partial charge >= 0.3 is 6.03 Å². The first-order valence-electron chi connectivity index (χ1n) is 11.9. The highest BCUT2D eigenvalue weighted by atomic mass is 32.2. The number of para-hydroxylation sites is 1. The summed E-state index contributed by atoms with van der Waals surface area (Å²) in [5, 5.41) is 8.36. The molecule has 10 heteroatoms. The molecule has 0 radical (unpaired) electrons. The van der Waals surface area contributed by atoms with Gasteiger partial charge in [0.2, 0.25) is 10.0 Å². The molecule has 0 spiro atoms. The van der Waals surface area contributed by atoms with Gasteiger partial charge in [0.1, 0.15) is 10.6 Å². The topological polar surface area (TPSA) is 113 Å². The molecule has 0 bridgehead atoms. The highest BCUT2D eigenvalue weighted by Gasteiger charge is 2.30. The Kier molecular flexibility index (Phi) is 7.76. The number of piperidine rings is 1. The lowest BCUT2D eigenvalue weighted by Gasteiger charge is -2.29. The number of benzene rings is 2. The summed E-state index contributed by atoms with van der Waals surface area (Å²) in [6.07, 6.45) is 3.34. The summed E-state index contributed by atoms with van der Waals surface area (Å²) in [5.41, 5.74) is 2.30. The van der Waals surface area contributed by atoms with Crippen LogP contribution in [0.4, 0.5) is 16.2 Å². The average Bonchev–Trinajstić information content (AvgIpc) is 3.26. The molecule has 1 aromatic heterocycles. The maximum absolute atomic E-state index is 13.1. The van der Waals surface area contributed by atoms with Crippen molar-refractivity contribution in [3.05, 3.63) is 78.1 Å². The van der Waals surface area contributed by atoms with Crippen molar-refractivity contribution in [2.45, 2.75) is 31.2 Å². The van der Waals surface area contributed by atoms with E-state index < -0.39 is 10.0 Å². The van der Waals surface area contributed by atoms with Crippen LogP contribution in [-0.4, -0.2) is 42.3 Å². The standard InChI is InChI=1S/C26H31N5O4S/c1-19-8-7-13-31(17-19)36(34,35)23-15-24(30(2)18-23)25(32)27-16-20-9-6-12-22(14-20)29-26(33)28-21-10-4-3-5-11-21/h3-6,9-12,14-15,18-19H,7-8,13,16-17H2,1-2H3,(H,27,32)(H2,28,29,33). The zero-order valence-corrected chi connectivity index (χ0v) is 21.2. The predicted molar refractivity (Wildman–Crippen MR) is 139 cm³/mol. The molecule has 36 heavy (non-hydrogen) atoms. The molecule has 3 N–H and O–H groups in total. The Labute approximate surface area is 211 Å². The number of nitrogens with one attached hydrogen (secondary N) is 3. The van der Waals surface area contributed by atoms with Crippen LogP contribution in [0.1, 0.15) is 35.8 Å². The van der Waals surface area contributed by atoms with E-state index >= 15 is 0 Å². The minimum absolute atomic E-state index is 0.125. The Morgan fingerprint density at radius 1 is 1.00 bits per heavy atom.